The van der Waals surface area contributed by atoms with E-state index >= 15 is 0 Å². The van der Waals surface area contributed by atoms with Crippen molar-refractivity contribution in [3.63, 3.8) is 0 Å². The van der Waals surface area contributed by atoms with Crippen LogP contribution in [0.3, 0.4) is 0 Å². The van der Waals surface area contributed by atoms with Crippen LogP contribution in [0, 0.1) is 0 Å². The van der Waals surface area contributed by atoms with Crippen molar-refractivity contribution in [1.82, 2.24) is 0 Å². The first-order chi connectivity index (χ1) is 6.61. The van der Waals surface area contributed by atoms with E-state index in [1.807, 2.05) is 0 Å². The van der Waals surface area contributed by atoms with Crippen molar-refractivity contribution in [2.45, 2.75) is 45.3 Å². The summed E-state index contributed by atoms with van der Waals surface area (Å²) in [4.78, 5) is 11.0. The van der Waals surface area contributed by atoms with E-state index in [1.54, 1.807) is 6.92 Å². The van der Waals surface area contributed by atoms with Crippen LogP contribution in [-0.4, -0.2) is 21.4 Å². The summed E-state index contributed by atoms with van der Waals surface area (Å²) < 4.78 is 5.03. The largest absolute Gasteiger partial charge is 0.462 e. The molecule has 0 bridgehead atoms. The van der Waals surface area contributed by atoms with Crippen molar-refractivity contribution in [2.24, 2.45) is 0 Å². The molecule has 0 fully saturated rings. The molecular weight excluding hydrogens is 192 g/mol. The van der Waals surface area contributed by atoms with Crippen LogP contribution in [0.25, 0.3) is 0 Å². The number of hydrogen-bond acceptors (Lipinski definition) is 2. The number of hydrogen-bond donors (Lipinski definition) is 0. The van der Waals surface area contributed by atoms with Gasteiger partial charge in [-0.3, -0.25) is 0 Å². The predicted octanol–water partition coefficient (Wildman–Crippen LogP) is 2.76. The second kappa shape index (κ2) is 7.80. The third-order valence-corrected chi connectivity index (χ3v) is 6.03. The van der Waals surface area contributed by atoms with Crippen LogP contribution in [0.1, 0.15) is 27.2 Å². The van der Waals surface area contributed by atoms with Crippen molar-refractivity contribution in [1.29, 1.82) is 0 Å². The first-order valence-electron chi connectivity index (χ1n) is 5.44. The Morgan fingerprint density at radius 2 is 1.93 bits per heavy atom. The lowest BCUT2D eigenvalue weighted by Gasteiger charge is -2.10. The molecule has 0 radical (unpaired) electrons. The standard InChI is InChI=1S/C11H22O2Si/c1-5-14(6-2)9-7-8-13-11(12)10(3)4/h14H,3,5-9H2,1-2,4H3. The van der Waals surface area contributed by atoms with Gasteiger partial charge in [0.15, 0.2) is 0 Å². The minimum Gasteiger partial charge on any atom is -0.462 e. The molecule has 0 heterocycles. The van der Waals surface area contributed by atoms with E-state index in [9.17, 15) is 4.79 Å². The van der Waals surface area contributed by atoms with Crippen molar-refractivity contribution in [3.05, 3.63) is 12.2 Å². The summed E-state index contributed by atoms with van der Waals surface area (Å²) in [7, 11) is -0.493. The van der Waals surface area contributed by atoms with Gasteiger partial charge in [0.25, 0.3) is 0 Å². The van der Waals surface area contributed by atoms with Gasteiger partial charge in [0.1, 0.15) is 0 Å². The minimum atomic E-state index is -0.493. The Hall–Kier alpha value is -0.573. The molecule has 0 aliphatic heterocycles. The highest BCUT2D eigenvalue weighted by Gasteiger charge is 2.06. The van der Waals surface area contributed by atoms with Crippen LogP contribution in [0.2, 0.25) is 18.1 Å². The summed E-state index contributed by atoms with van der Waals surface area (Å²) in [5.41, 5.74) is 0.491. The number of carbonyl (C=O) groups is 1. The monoisotopic (exact) mass is 214 g/mol. The highest BCUT2D eigenvalue weighted by Crippen LogP contribution is 2.07. The van der Waals surface area contributed by atoms with Crippen LogP contribution >= 0.6 is 0 Å². The Labute approximate surface area is 89.0 Å². The van der Waals surface area contributed by atoms with Gasteiger partial charge in [-0.2, -0.15) is 0 Å². The van der Waals surface area contributed by atoms with E-state index in [2.05, 4.69) is 20.4 Å². The molecule has 82 valence electrons. The van der Waals surface area contributed by atoms with Gasteiger partial charge in [-0.25, -0.2) is 4.79 Å². The molecule has 0 aliphatic rings. The lowest BCUT2D eigenvalue weighted by Crippen LogP contribution is -2.12. The average molecular weight is 214 g/mol. The highest BCUT2D eigenvalue weighted by atomic mass is 28.3. The van der Waals surface area contributed by atoms with Gasteiger partial charge >= 0.3 is 5.97 Å². The molecule has 3 heteroatoms. The zero-order valence-electron chi connectivity index (χ0n) is 9.64. The second-order valence-corrected chi connectivity index (χ2v) is 7.68. The number of carbonyl (C=O) groups excluding carboxylic acids is 1. The molecule has 14 heavy (non-hydrogen) atoms. The molecule has 0 saturated heterocycles. The Morgan fingerprint density at radius 1 is 1.36 bits per heavy atom. The summed E-state index contributed by atoms with van der Waals surface area (Å²) in [6, 6.07) is 3.99. The number of esters is 1. The fourth-order valence-electron chi connectivity index (χ4n) is 1.36. The molecule has 0 unspecified atom stereocenters. The third kappa shape index (κ3) is 5.97. The second-order valence-electron chi connectivity index (χ2n) is 3.74. The molecule has 0 aromatic rings. The Balaban J connectivity index is 3.46. The Bertz CT molecular complexity index is 186. The van der Waals surface area contributed by atoms with E-state index in [0.29, 0.717) is 12.2 Å². The molecule has 0 spiro atoms. The molecule has 0 saturated carbocycles. The Morgan fingerprint density at radius 3 is 2.36 bits per heavy atom. The van der Waals surface area contributed by atoms with Crippen LogP contribution in [0.5, 0.6) is 0 Å². The van der Waals surface area contributed by atoms with Crippen LogP contribution in [0.4, 0.5) is 0 Å². The topological polar surface area (TPSA) is 26.3 Å². The zero-order valence-corrected chi connectivity index (χ0v) is 10.8. The maximum Gasteiger partial charge on any atom is 0.333 e. The van der Waals surface area contributed by atoms with Gasteiger partial charge in [0.05, 0.1) is 6.61 Å². The quantitative estimate of drug-likeness (QED) is 0.282. The van der Waals surface area contributed by atoms with E-state index in [1.165, 1.54) is 18.1 Å². The van der Waals surface area contributed by atoms with E-state index in [-0.39, 0.29) is 5.97 Å². The Kier molecular flexibility index (Phi) is 7.48. The van der Waals surface area contributed by atoms with Gasteiger partial charge in [0, 0.05) is 14.4 Å². The molecule has 0 atom stereocenters. The lowest BCUT2D eigenvalue weighted by molar-refractivity contribution is -0.138. The molecule has 0 aliphatic carbocycles. The van der Waals surface area contributed by atoms with Gasteiger partial charge in [-0.1, -0.05) is 38.6 Å². The normalized spacial score (nSPS) is 10.3. The summed E-state index contributed by atoms with van der Waals surface area (Å²) >= 11 is 0. The van der Waals surface area contributed by atoms with Gasteiger partial charge in [0.2, 0.25) is 0 Å². The first kappa shape index (κ1) is 13.4. The van der Waals surface area contributed by atoms with Crippen molar-refractivity contribution in [2.75, 3.05) is 6.61 Å². The summed E-state index contributed by atoms with van der Waals surface area (Å²) in [6.07, 6.45) is 1.03. The molecule has 0 aromatic carbocycles. The van der Waals surface area contributed by atoms with Gasteiger partial charge < -0.3 is 4.74 Å². The maximum atomic E-state index is 11.0. The minimum absolute atomic E-state index is 0.254. The van der Waals surface area contributed by atoms with E-state index < -0.39 is 8.80 Å². The average Bonchev–Trinajstić information content (AvgIpc) is 2.17. The van der Waals surface area contributed by atoms with Crippen LogP contribution in [-0.2, 0) is 9.53 Å². The fourth-order valence-corrected chi connectivity index (χ4v) is 3.49. The SMILES string of the molecule is C=C(C)C(=O)OCCC[SiH](CC)CC. The van der Waals surface area contributed by atoms with Crippen molar-refractivity contribution < 1.29 is 9.53 Å². The van der Waals surface area contributed by atoms with Crippen LogP contribution < -0.4 is 0 Å². The van der Waals surface area contributed by atoms with Crippen molar-refractivity contribution in [3.8, 4) is 0 Å². The fraction of sp³-hybridized carbons (Fsp3) is 0.727. The first-order valence-corrected chi connectivity index (χ1v) is 7.89. The number of ether oxygens (including phenoxy) is 1. The van der Waals surface area contributed by atoms with Crippen LogP contribution in [0.15, 0.2) is 12.2 Å². The highest BCUT2D eigenvalue weighted by molar-refractivity contribution is 6.58. The van der Waals surface area contributed by atoms with Gasteiger partial charge in [-0.05, 0) is 13.3 Å². The summed E-state index contributed by atoms with van der Waals surface area (Å²) in [5, 5.41) is 0. The zero-order chi connectivity index (χ0) is 11.0. The van der Waals surface area contributed by atoms with E-state index in [4.69, 9.17) is 4.74 Å². The molecule has 0 aromatic heterocycles. The molecule has 0 N–H and O–H groups in total. The lowest BCUT2D eigenvalue weighted by atomic mass is 10.4. The molecular formula is C11H22O2Si. The van der Waals surface area contributed by atoms with Crippen molar-refractivity contribution >= 4 is 14.8 Å². The summed E-state index contributed by atoms with van der Waals surface area (Å²) in [6.45, 7) is 10.3. The molecule has 2 nitrogen and oxygen atoms in total. The number of rotatable bonds is 7. The summed E-state index contributed by atoms with van der Waals surface area (Å²) in [5.74, 6) is -0.254. The van der Waals surface area contributed by atoms with Gasteiger partial charge in [-0.15, -0.1) is 0 Å². The van der Waals surface area contributed by atoms with E-state index in [0.717, 1.165) is 6.42 Å². The smallest absolute Gasteiger partial charge is 0.333 e. The molecule has 0 amide bonds. The molecule has 0 rings (SSSR count). The predicted molar refractivity (Wildman–Crippen MR) is 63.3 cm³/mol. The maximum absolute atomic E-state index is 11.0. The third-order valence-electron chi connectivity index (χ3n) is 2.49.